The van der Waals surface area contributed by atoms with Gasteiger partial charge in [-0.1, -0.05) is 103 Å². The molecule has 2 aliphatic heterocycles. The first-order chi connectivity index (χ1) is 26.0. The van der Waals surface area contributed by atoms with E-state index in [4.69, 9.17) is 4.74 Å². The largest absolute Gasteiger partial charge is 0.489 e. The standard InChI is InChI=1S/C26H30N2O.C20H26N2O2S/c1-27(2)25-15-16-28(19-25)18-21-11-13-23(14-12-21)24-9-6-10-26(17-24)29-20-22-7-4-3-5-8-22;1-21(2)19-12-13-22(15-19)14-16-4-6-17(7-5-16)18-8-10-20(11-9-18)25(3,23)24/h3-14,17,25H,15-16,18-20H2,1-2H3;4-11,19H,12-15H2,1-3H3. The molecule has 7 nitrogen and oxygen atoms in total. The third kappa shape index (κ3) is 11.1. The van der Waals surface area contributed by atoms with Crippen LogP contribution in [0.3, 0.4) is 0 Å². The lowest BCUT2D eigenvalue weighted by Crippen LogP contribution is -2.31. The van der Waals surface area contributed by atoms with Gasteiger partial charge in [0.05, 0.1) is 4.90 Å². The molecule has 2 fully saturated rings. The van der Waals surface area contributed by atoms with Crippen molar-refractivity contribution in [2.45, 2.75) is 49.5 Å². The Kier molecular flexibility index (Phi) is 13.4. The zero-order chi connectivity index (χ0) is 38.1. The normalized spacial score (nSPS) is 17.8. The number of likely N-dealkylation sites (tertiary alicyclic amines) is 2. The molecule has 0 bridgehead atoms. The zero-order valence-electron chi connectivity index (χ0n) is 32.6. The summed E-state index contributed by atoms with van der Waals surface area (Å²) in [6.45, 7) is 7.23. The van der Waals surface area contributed by atoms with E-state index < -0.39 is 9.84 Å². The fourth-order valence-corrected chi connectivity index (χ4v) is 7.91. The van der Waals surface area contributed by atoms with Crippen LogP contribution in [0, 0.1) is 0 Å². The summed E-state index contributed by atoms with van der Waals surface area (Å²) < 4.78 is 29.1. The lowest BCUT2D eigenvalue weighted by molar-refractivity contribution is 0.264. The molecular weight excluding hydrogens is 689 g/mol. The topological polar surface area (TPSA) is 56.3 Å². The van der Waals surface area contributed by atoms with Gasteiger partial charge in [-0.15, -0.1) is 0 Å². The van der Waals surface area contributed by atoms with Crippen LogP contribution < -0.4 is 4.74 Å². The highest BCUT2D eigenvalue weighted by Crippen LogP contribution is 2.27. The van der Waals surface area contributed by atoms with E-state index >= 15 is 0 Å². The van der Waals surface area contributed by atoms with Crippen molar-refractivity contribution in [1.82, 2.24) is 19.6 Å². The summed E-state index contributed by atoms with van der Waals surface area (Å²) in [4.78, 5) is 10.1. The van der Waals surface area contributed by atoms with Gasteiger partial charge in [-0.2, -0.15) is 0 Å². The van der Waals surface area contributed by atoms with Gasteiger partial charge in [0, 0.05) is 57.6 Å². The SMILES string of the molecule is CN(C)C1CCN(Cc2ccc(-c3ccc(S(C)(=O)=O)cc3)cc2)C1.CN(C)C1CCN(Cc2ccc(-c3cccc(OCc4ccccc4)c3)cc2)C1. The van der Waals surface area contributed by atoms with Crippen LogP contribution in [0.4, 0.5) is 0 Å². The second-order valence-corrected chi connectivity index (χ2v) is 17.3. The molecule has 8 heteroatoms. The van der Waals surface area contributed by atoms with Crippen molar-refractivity contribution < 1.29 is 13.2 Å². The van der Waals surface area contributed by atoms with Crippen LogP contribution in [0.1, 0.15) is 29.5 Å². The highest BCUT2D eigenvalue weighted by molar-refractivity contribution is 7.90. The molecule has 5 aromatic carbocycles. The van der Waals surface area contributed by atoms with E-state index in [0.717, 1.165) is 49.6 Å². The van der Waals surface area contributed by atoms with E-state index in [-0.39, 0.29) is 0 Å². The second kappa shape index (κ2) is 18.3. The van der Waals surface area contributed by atoms with Gasteiger partial charge in [0.15, 0.2) is 9.84 Å². The minimum absolute atomic E-state index is 0.359. The molecule has 2 aliphatic rings. The van der Waals surface area contributed by atoms with E-state index in [1.165, 1.54) is 53.5 Å². The predicted octanol–water partition coefficient (Wildman–Crippen LogP) is 7.96. The van der Waals surface area contributed by atoms with Gasteiger partial charge in [0.1, 0.15) is 12.4 Å². The Balaban J connectivity index is 0.000000186. The number of rotatable bonds is 12. The van der Waals surface area contributed by atoms with E-state index in [2.05, 4.69) is 127 Å². The summed E-state index contributed by atoms with van der Waals surface area (Å²) in [5, 5.41) is 0. The Morgan fingerprint density at radius 3 is 1.52 bits per heavy atom. The van der Waals surface area contributed by atoms with Crippen LogP contribution in [0.5, 0.6) is 5.75 Å². The second-order valence-electron chi connectivity index (χ2n) is 15.3. The molecule has 0 amide bonds. The number of hydrogen-bond acceptors (Lipinski definition) is 7. The molecule has 0 aliphatic carbocycles. The number of nitrogens with zero attached hydrogens (tertiary/aromatic N) is 4. The summed E-state index contributed by atoms with van der Waals surface area (Å²) in [7, 11) is 5.52. The summed E-state index contributed by atoms with van der Waals surface area (Å²) in [5.41, 5.74) is 8.44. The predicted molar refractivity (Wildman–Crippen MR) is 222 cm³/mol. The van der Waals surface area contributed by atoms with Gasteiger partial charge in [-0.25, -0.2) is 8.42 Å². The maximum atomic E-state index is 11.5. The number of benzene rings is 5. The molecule has 0 radical (unpaired) electrons. The van der Waals surface area contributed by atoms with Crippen molar-refractivity contribution in [3.63, 3.8) is 0 Å². The molecule has 2 unspecified atom stereocenters. The van der Waals surface area contributed by atoms with Gasteiger partial charge >= 0.3 is 0 Å². The summed E-state index contributed by atoms with van der Waals surface area (Å²) in [6.07, 6.45) is 3.73. The van der Waals surface area contributed by atoms with Crippen LogP contribution in [-0.2, 0) is 29.5 Å². The van der Waals surface area contributed by atoms with Crippen LogP contribution in [0.25, 0.3) is 22.3 Å². The van der Waals surface area contributed by atoms with E-state index in [1.54, 1.807) is 12.1 Å². The van der Waals surface area contributed by atoms with Crippen molar-refractivity contribution in [3.8, 4) is 28.0 Å². The monoisotopic (exact) mass is 744 g/mol. The van der Waals surface area contributed by atoms with Crippen molar-refractivity contribution in [2.75, 3.05) is 60.6 Å². The molecule has 54 heavy (non-hydrogen) atoms. The van der Waals surface area contributed by atoms with Gasteiger partial charge < -0.3 is 14.5 Å². The van der Waals surface area contributed by atoms with Crippen molar-refractivity contribution >= 4 is 9.84 Å². The lowest BCUT2D eigenvalue weighted by Gasteiger charge is -2.20. The highest BCUT2D eigenvalue weighted by Gasteiger charge is 2.24. The minimum atomic E-state index is -3.14. The average molecular weight is 745 g/mol. The first kappa shape index (κ1) is 39.4. The van der Waals surface area contributed by atoms with Gasteiger partial charge in [-0.05, 0) is 104 Å². The number of ether oxygens (including phenoxy) is 1. The fourth-order valence-electron chi connectivity index (χ4n) is 7.28. The van der Waals surface area contributed by atoms with E-state index in [9.17, 15) is 8.42 Å². The highest BCUT2D eigenvalue weighted by atomic mass is 32.2. The molecule has 0 saturated carbocycles. The third-order valence-corrected chi connectivity index (χ3v) is 11.8. The van der Waals surface area contributed by atoms with Crippen LogP contribution in [0.15, 0.2) is 132 Å². The van der Waals surface area contributed by atoms with Gasteiger partial charge in [-0.3, -0.25) is 9.80 Å². The molecule has 0 aromatic heterocycles. The Labute approximate surface area is 323 Å². The Hall–Kier alpha value is -4.31. The molecule has 2 heterocycles. The van der Waals surface area contributed by atoms with Crippen LogP contribution >= 0.6 is 0 Å². The maximum absolute atomic E-state index is 11.5. The number of likely N-dealkylation sites (N-methyl/N-ethyl adjacent to an activating group) is 2. The van der Waals surface area contributed by atoms with E-state index in [0.29, 0.717) is 23.6 Å². The first-order valence-corrected chi connectivity index (χ1v) is 20.9. The minimum Gasteiger partial charge on any atom is -0.489 e. The summed E-state index contributed by atoms with van der Waals surface area (Å²) in [5.74, 6) is 0.905. The molecule has 7 rings (SSSR count). The Morgan fingerprint density at radius 1 is 0.574 bits per heavy atom. The van der Waals surface area contributed by atoms with Crippen molar-refractivity contribution in [1.29, 1.82) is 0 Å². The molecule has 0 spiro atoms. The van der Waals surface area contributed by atoms with E-state index in [1.807, 2.05) is 36.4 Å². The van der Waals surface area contributed by atoms with Crippen molar-refractivity contribution in [3.05, 3.63) is 144 Å². The molecule has 2 atom stereocenters. The van der Waals surface area contributed by atoms with Crippen LogP contribution in [0.2, 0.25) is 0 Å². The van der Waals surface area contributed by atoms with Crippen LogP contribution in [-0.4, -0.2) is 101 Å². The molecular formula is C46H56N4O3S. The van der Waals surface area contributed by atoms with Gasteiger partial charge in [0.2, 0.25) is 0 Å². The molecule has 2 saturated heterocycles. The van der Waals surface area contributed by atoms with Crippen molar-refractivity contribution in [2.24, 2.45) is 0 Å². The molecule has 284 valence electrons. The summed E-state index contributed by atoms with van der Waals surface area (Å²) in [6, 6.07) is 44.6. The zero-order valence-corrected chi connectivity index (χ0v) is 33.4. The first-order valence-electron chi connectivity index (χ1n) is 19.0. The fraction of sp³-hybridized carbons (Fsp3) is 0.348. The third-order valence-electron chi connectivity index (χ3n) is 10.7. The smallest absolute Gasteiger partial charge is 0.175 e. The Bertz CT molecular complexity index is 2020. The number of sulfone groups is 1. The molecule has 0 N–H and O–H groups in total. The number of hydrogen-bond donors (Lipinski definition) is 0. The summed E-state index contributed by atoms with van der Waals surface area (Å²) >= 11 is 0. The Morgan fingerprint density at radius 2 is 1.06 bits per heavy atom. The maximum Gasteiger partial charge on any atom is 0.175 e. The quantitative estimate of drug-likeness (QED) is 0.129. The molecule has 5 aromatic rings. The average Bonchev–Trinajstić information content (AvgIpc) is 3.86. The van der Waals surface area contributed by atoms with Gasteiger partial charge in [0.25, 0.3) is 0 Å². The lowest BCUT2D eigenvalue weighted by atomic mass is 10.0.